The molecule has 10 heteroatoms. The molecule has 0 unspecified atom stereocenters. The van der Waals surface area contributed by atoms with Gasteiger partial charge in [-0.05, 0) is 46.3 Å². The molecule has 1 N–H and O–H groups in total. The van der Waals surface area contributed by atoms with Gasteiger partial charge in [0, 0.05) is 6.20 Å². The van der Waals surface area contributed by atoms with Gasteiger partial charge < -0.3 is 10.1 Å². The van der Waals surface area contributed by atoms with Gasteiger partial charge in [0.25, 0.3) is 0 Å². The van der Waals surface area contributed by atoms with Crippen LogP contribution in [0.5, 0.6) is 11.6 Å². The van der Waals surface area contributed by atoms with Gasteiger partial charge in [-0.2, -0.15) is 0 Å². The Morgan fingerprint density at radius 2 is 1.90 bits per heavy atom. The Balaban J connectivity index is 1.44. The number of benzene rings is 2. The van der Waals surface area contributed by atoms with E-state index < -0.39 is 0 Å². The Hall–Kier alpha value is -3.49. The van der Waals surface area contributed by atoms with Gasteiger partial charge in [0.2, 0.25) is 11.8 Å². The fourth-order valence-electron chi connectivity index (χ4n) is 2.67. The molecule has 1 amide bonds. The highest BCUT2D eigenvalue weighted by molar-refractivity contribution is 6.35. The monoisotopic (exact) mass is 440 g/mol. The Morgan fingerprint density at radius 3 is 2.63 bits per heavy atom. The van der Waals surface area contributed by atoms with Crippen molar-refractivity contribution in [3.8, 4) is 17.3 Å². The van der Waals surface area contributed by atoms with E-state index in [1.54, 1.807) is 24.3 Å². The Labute approximate surface area is 181 Å². The van der Waals surface area contributed by atoms with Crippen LogP contribution in [0.25, 0.3) is 5.69 Å². The summed E-state index contributed by atoms with van der Waals surface area (Å²) in [6.45, 7) is 0. The molecule has 2 heterocycles. The van der Waals surface area contributed by atoms with Crippen LogP contribution >= 0.6 is 23.2 Å². The van der Waals surface area contributed by atoms with Gasteiger partial charge in [0.05, 0.1) is 22.8 Å². The number of hydrogen-bond acceptors (Lipinski definition) is 6. The highest BCUT2D eigenvalue weighted by atomic mass is 35.5. The third-order valence-electron chi connectivity index (χ3n) is 4.06. The molecule has 4 rings (SSSR count). The number of carbonyl (C=O) groups excluding carboxylic acids is 1. The molecule has 0 saturated heterocycles. The summed E-state index contributed by atoms with van der Waals surface area (Å²) in [5, 5.41) is 14.6. The Kier molecular flexibility index (Phi) is 5.87. The predicted molar refractivity (Wildman–Crippen MR) is 112 cm³/mol. The molecule has 0 atom stereocenters. The van der Waals surface area contributed by atoms with E-state index in [9.17, 15) is 4.79 Å². The molecule has 0 radical (unpaired) electrons. The first-order chi connectivity index (χ1) is 14.6. The molecule has 0 spiro atoms. The molecular formula is C20H14Cl2N6O2. The molecule has 0 fully saturated rings. The lowest BCUT2D eigenvalue weighted by atomic mass is 10.1. The molecule has 4 aromatic rings. The first kappa shape index (κ1) is 19.8. The highest BCUT2D eigenvalue weighted by Gasteiger charge is 2.12. The second-order valence-electron chi connectivity index (χ2n) is 6.18. The van der Waals surface area contributed by atoms with Crippen molar-refractivity contribution in [2.45, 2.75) is 6.42 Å². The van der Waals surface area contributed by atoms with Crippen LogP contribution in [0.2, 0.25) is 10.0 Å². The van der Waals surface area contributed by atoms with E-state index in [1.165, 1.54) is 23.3 Å². The van der Waals surface area contributed by atoms with Crippen molar-refractivity contribution in [3.63, 3.8) is 0 Å². The fourth-order valence-corrected chi connectivity index (χ4v) is 3.08. The molecule has 0 aliphatic heterocycles. The molecule has 2 aromatic heterocycles. The Bertz CT molecular complexity index is 1170. The van der Waals surface area contributed by atoms with E-state index in [-0.39, 0.29) is 23.2 Å². The fraction of sp³-hybridized carbons (Fsp3) is 0.0500. The normalized spacial score (nSPS) is 10.6. The second-order valence-corrected chi connectivity index (χ2v) is 7.03. The summed E-state index contributed by atoms with van der Waals surface area (Å²) in [4.78, 5) is 16.6. The molecule has 0 bridgehead atoms. The zero-order valence-corrected chi connectivity index (χ0v) is 16.9. The number of anilines is 1. The van der Waals surface area contributed by atoms with Crippen LogP contribution < -0.4 is 10.1 Å². The van der Waals surface area contributed by atoms with Crippen molar-refractivity contribution >= 4 is 34.8 Å². The second kappa shape index (κ2) is 8.89. The maximum atomic E-state index is 12.5. The molecule has 0 aliphatic rings. The third kappa shape index (κ3) is 4.73. The largest absolute Gasteiger partial charge is 0.435 e. The molecule has 30 heavy (non-hydrogen) atoms. The number of para-hydroxylation sites is 2. The van der Waals surface area contributed by atoms with Crippen molar-refractivity contribution < 1.29 is 9.53 Å². The van der Waals surface area contributed by atoms with Crippen LogP contribution in [0.3, 0.4) is 0 Å². The van der Waals surface area contributed by atoms with Gasteiger partial charge >= 0.3 is 0 Å². The summed E-state index contributed by atoms with van der Waals surface area (Å²) < 4.78 is 7.30. The lowest BCUT2D eigenvalue weighted by Crippen LogP contribution is -2.15. The Morgan fingerprint density at radius 1 is 1.10 bits per heavy atom. The van der Waals surface area contributed by atoms with E-state index in [2.05, 4.69) is 25.8 Å². The van der Waals surface area contributed by atoms with Gasteiger partial charge in [-0.15, -0.1) is 5.10 Å². The van der Waals surface area contributed by atoms with Gasteiger partial charge in [0.1, 0.15) is 11.3 Å². The topological polar surface area (TPSA) is 94.8 Å². The minimum atomic E-state index is -0.198. The summed E-state index contributed by atoms with van der Waals surface area (Å²) in [6.07, 6.45) is 3.12. The zero-order chi connectivity index (χ0) is 20.9. The summed E-state index contributed by atoms with van der Waals surface area (Å²) in [5.41, 5.74) is 2.14. The number of aromatic nitrogens is 5. The zero-order valence-electron chi connectivity index (χ0n) is 15.4. The maximum absolute atomic E-state index is 12.5. The minimum Gasteiger partial charge on any atom is -0.435 e. The van der Waals surface area contributed by atoms with Crippen LogP contribution in [0, 0.1) is 0 Å². The number of nitrogens with zero attached hydrogens (tertiary/aromatic N) is 5. The minimum absolute atomic E-state index is 0.185. The van der Waals surface area contributed by atoms with E-state index in [4.69, 9.17) is 27.9 Å². The first-order valence-corrected chi connectivity index (χ1v) is 9.54. The summed E-state index contributed by atoms with van der Waals surface area (Å²) >= 11 is 12.0. The standard InChI is InChI=1S/C20H14Cl2N6O2/c21-14-10-16(22)20(23-11-14)30-18-4-2-1-3-17(18)25-19(29)9-13-5-7-15(8-6-13)28-12-24-26-27-28/h1-8,10-12H,9H2,(H,25,29). The number of halogens is 2. The van der Waals surface area contributed by atoms with Crippen LogP contribution in [-0.2, 0) is 11.2 Å². The smallest absolute Gasteiger partial charge is 0.238 e. The average molecular weight is 441 g/mol. The van der Waals surface area contributed by atoms with Crippen LogP contribution in [-0.4, -0.2) is 31.1 Å². The quantitative estimate of drug-likeness (QED) is 0.479. The van der Waals surface area contributed by atoms with Crippen LogP contribution in [0.15, 0.2) is 67.1 Å². The maximum Gasteiger partial charge on any atom is 0.238 e. The van der Waals surface area contributed by atoms with Gasteiger partial charge in [-0.3, -0.25) is 4.79 Å². The van der Waals surface area contributed by atoms with E-state index >= 15 is 0 Å². The average Bonchev–Trinajstić information content (AvgIpc) is 3.27. The first-order valence-electron chi connectivity index (χ1n) is 8.78. The summed E-state index contributed by atoms with van der Waals surface area (Å²) in [7, 11) is 0. The number of nitrogens with one attached hydrogen (secondary N) is 1. The predicted octanol–water partition coefficient (Wildman–Crippen LogP) is 4.34. The molecule has 8 nitrogen and oxygen atoms in total. The van der Waals surface area contributed by atoms with E-state index in [1.807, 2.05) is 24.3 Å². The lowest BCUT2D eigenvalue weighted by Gasteiger charge is -2.12. The molecule has 0 saturated carbocycles. The number of tetrazole rings is 1. The van der Waals surface area contributed by atoms with Crippen molar-refractivity contribution in [3.05, 3.63) is 82.7 Å². The number of hydrogen-bond donors (Lipinski definition) is 1. The van der Waals surface area contributed by atoms with E-state index in [0.717, 1.165) is 11.3 Å². The number of ether oxygens (including phenoxy) is 1. The summed E-state index contributed by atoms with van der Waals surface area (Å²) in [6, 6.07) is 15.9. The molecular weight excluding hydrogens is 427 g/mol. The van der Waals surface area contributed by atoms with Gasteiger partial charge in [-0.25, -0.2) is 9.67 Å². The third-order valence-corrected chi connectivity index (χ3v) is 4.53. The van der Waals surface area contributed by atoms with Crippen molar-refractivity contribution in [1.29, 1.82) is 0 Å². The molecule has 0 aliphatic carbocycles. The highest BCUT2D eigenvalue weighted by Crippen LogP contribution is 2.33. The molecule has 2 aromatic carbocycles. The van der Waals surface area contributed by atoms with Gasteiger partial charge in [-0.1, -0.05) is 47.5 Å². The summed E-state index contributed by atoms with van der Waals surface area (Å²) in [5.74, 6) is 0.411. The SMILES string of the molecule is O=C(Cc1ccc(-n2cnnn2)cc1)Nc1ccccc1Oc1ncc(Cl)cc1Cl. The van der Waals surface area contributed by atoms with E-state index in [0.29, 0.717) is 16.5 Å². The van der Waals surface area contributed by atoms with Crippen molar-refractivity contribution in [2.75, 3.05) is 5.32 Å². The van der Waals surface area contributed by atoms with Crippen molar-refractivity contribution in [2.24, 2.45) is 0 Å². The molecule has 150 valence electrons. The number of rotatable bonds is 6. The number of carbonyl (C=O) groups is 1. The number of amides is 1. The van der Waals surface area contributed by atoms with Crippen LogP contribution in [0.4, 0.5) is 5.69 Å². The van der Waals surface area contributed by atoms with Crippen LogP contribution in [0.1, 0.15) is 5.56 Å². The van der Waals surface area contributed by atoms with Crippen molar-refractivity contribution in [1.82, 2.24) is 25.2 Å². The number of pyridine rings is 1. The lowest BCUT2D eigenvalue weighted by molar-refractivity contribution is -0.115. The van der Waals surface area contributed by atoms with Gasteiger partial charge in [0.15, 0.2) is 5.75 Å².